The van der Waals surface area contributed by atoms with E-state index in [4.69, 9.17) is 4.74 Å². The van der Waals surface area contributed by atoms with E-state index >= 15 is 0 Å². The van der Waals surface area contributed by atoms with Gasteiger partial charge in [0.05, 0.1) is 21.8 Å². The van der Waals surface area contributed by atoms with Crippen molar-refractivity contribution in [2.45, 2.75) is 0 Å². The first-order valence-corrected chi connectivity index (χ1v) is 6.42. The second-order valence-corrected chi connectivity index (χ2v) is 5.86. The summed E-state index contributed by atoms with van der Waals surface area (Å²) in [5, 5.41) is 0. The highest BCUT2D eigenvalue weighted by Gasteiger charge is 2.22. The summed E-state index contributed by atoms with van der Waals surface area (Å²) in [6.45, 7) is 1.24. The quantitative estimate of drug-likeness (QED) is 0.796. The number of carbonyl (C=O) groups excluding carboxylic acids is 2. The number of carbonyl (C=O) groups is 2. The molecule has 0 bridgehead atoms. The fourth-order valence-corrected chi connectivity index (χ4v) is 2.75. The number of halogens is 1. The predicted molar refractivity (Wildman–Crippen MR) is 63.7 cm³/mol. The van der Waals surface area contributed by atoms with Crippen LogP contribution in [0.2, 0.25) is 0 Å². The molecule has 4 nitrogen and oxygen atoms in total. The van der Waals surface area contributed by atoms with Crippen LogP contribution in [-0.2, 0) is 9.53 Å². The van der Waals surface area contributed by atoms with E-state index in [1.165, 1.54) is 11.3 Å². The normalized spacial score (nSPS) is 16.6. The van der Waals surface area contributed by atoms with Crippen molar-refractivity contribution in [3.8, 4) is 0 Å². The van der Waals surface area contributed by atoms with Crippen LogP contribution in [0.5, 0.6) is 0 Å². The summed E-state index contributed by atoms with van der Waals surface area (Å²) in [5.41, 5.74) is 0. The average Bonchev–Trinajstić information content (AvgIpc) is 2.68. The smallest absolute Gasteiger partial charge is 0.249 e. The Balaban J connectivity index is 1.99. The van der Waals surface area contributed by atoms with Crippen molar-refractivity contribution in [1.29, 1.82) is 0 Å². The highest BCUT2D eigenvalue weighted by molar-refractivity contribution is 9.11. The lowest BCUT2D eigenvalue weighted by Gasteiger charge is -2.25. The van der Waals surface area contributed by atoms with Gasteiger partial charge in [-0.3, -0.25) is 9.59 Å². The monoisotopic (exact) mass is 303 g/mol. The van der Waals surface area contributed by atoms with E-state index in [2.05, 4.69) is 15.9 Å². The third kappa shape index (κ3) is 2.69. The summed E-state index contributed by atoms with van der Waals surface area (Å²) >= 11 is 4.69. The molecule has 1 aliphatic heterocycles. The van der Waals surface area contributed by atoms with Gasteiger partial charge < -0.3 is 9.64 Å². The molecule has 0 radical (unpaired) electrons. The molecule has 0 spiro atoms. The molecule has 16 heavy (non-hydrogen) atoms. The number of hydrogen-bond acceptors (Lipinski definition) is 4. The maximum Gasteiger partial charge on any atom is 0.249 e. The first-order chi connectivity index (χ1) is 7.66. The van der Waals surface area contributed by atoms with E-state index in [9.17, 15) is 9.59 Å². The Kier molecular flexibility index (Phi) is 3.73. The molecule has 86 valence electrons. The number of ketones is 1. The average molecular weight is 304 g/mol. The summed E-state index contributed by atoms with van der Waals surface area (Å²) in [6, 6.07) is 3.60. The van der Waals surface area contributed by atoms with E-state index in [1.54, 1.807) is 11.0 Å². The minimum Gasteiger partial charge on any atom is -0.370 e. The van der Waals surface area contributed by atoms with Gasteiger partial charge in [-0.05, 0) is 28.1 Å². The number of morpholine rings is 1. The molecule has 0 aliphatic carbocycles. The minimum absolute atomic E-state index is 0.0223. The summed E-state index contributed by atoms with van der Waals surface area (Å²) in [4.78, 5) is 25.4. The molecule has 1 aromatic rings. The predicted octanol–water partition coefficient (Wildman–Crippen LogP) is 1.55. The third-order valence-electron chi connectivity index (χ3n) is 2.27. The minimum atomic E-state index is -0.116. The van der Waals surface area contributed by atoms with Gasteiger partial charge in [-0.25, -0.2) is 0 Å². The lowest BCUT2D eigenvalue weighted by molar-refractivity contribution is -0.141. The van der Waals surface area contributed by atoms with Crippen LogP contribution in [-0.4, -0.2) is 42.9 Å². The van der Waals surface area contributed by atoms with Crippen LogP contribution < -0.4 is 0 Å². The van der Waals surface area contributed by atoms with Crippen LogP contribution in [0.4, 0.5) is 0 Å². The lowest BCUT2D eigenvalue weighted by Crippen LogP contribution is -2.44. The molecular weight excluding hydrogens is 294 g/mol. The Bertz CT molecular complexity index is 418. The van der Waals surface area contributed by atoms with Gasteiger partial charge in [-0.2, -0.15) is 0 Å². The molecule has 1 aromatic heterocycles. The largest absolute Gasteiger partial charge is 0.370 e. The molecule has 6 heteroatoms. The molecule has 2 rings (SSSR count). The summed E-state index contributed by atoms with van der Waals surface area (Å²) in [7, 11) is 0. The zero-order valence-corrected chi connectivity index (χ0v) is 10.8. The molecule has 0 atom stereocenters. The molecule has 1 saturated heterocycles. The van der Waals surface area contributed by atoms with Crippen LogP contribution in [0.25, 0.3) is 0 Å². The number of ether oxygens (including phenoxy) is 1. The van der Waals surface area contributed by atoms with Gasteiger partial charge >= 0.3 is 0 Å². The van der Waals surface area contributed by atoms with Crippen molar-refractivity contribution in [3.05, 3.63) is 20.8 Å². The molecule has 1 amide bonds. The Morgan fingerprint density at radius 3 is 3.00 bits per heavy atom. The molecule has 0 N–H and O–H groups in total. The van der Waals surface area contributed by atoms with Gasteiger partial charge in [-0.15, -0.1) is 11.3 Å². The molecule has 1 fully saturated rings. The molecule has 0 aromatic carbocycles. The Labute approximate surface area is 105 Å². The standard InChI is InChI=1S/C10H10BrNO3S/c11-9-2-1-8(16-9)7(13)5-12-3-4-15-6-10(12)14/h1-2H,3-6H2. The van der Waals surface area contributed by atoms with Crippen molar-refractivity contribution in [2.75, 3.05) is 26.3 Å². The van der Waals surface area contributed by atoms with Crippen LogP contribution in [0.1, 0.15) is 9.67 Å². The zero-order valence-electron chi connectivity index (χ0n) is 8.44. The van der Waals surface area contributed by atoms with Crippen molar-refractivity contribution in [2.24, 2.45) is 0 Å². The van der Waals surface area contributed by atoms with Crippen molar-refractivity contribution in [3.63, 3.8) is 0 Å². The number of thiophene rings is 1. The Morgan fingerprint density at radius 1 is 1.56 bits per heavy atom. The van der Waals surface area contributed by atoms with E-state index in [1.807, 2.05) is 6.07 Å². The van der Waals surface area contributed by atoms with E-state index in [0.717, 1.165) is 3.79 Å². The fraction of sp³-hybridized carbons (Fsp3) is 0.400. The van der Waals surface area contributed by atoms with Crippen LogP contribution in [0, 0.1) is 0 Å². The third-order valence-corrected chi connectivity index (χ3v) is 3.93. The maximum absolute atomic E-state index is 11.8. The second-order valence-electron chi connectivity index (χ2n) is 3.39. The van der Waals surface area contributed by atoms with Crippen LogP contribution >= 0.6 is 27.3 Å². The van der Waals surface area contributed by atoms with Gasteiger partial charge in [0.1, 0.15) is 6.61 Å². The first kappa shape index (κ1) is 11.8. The first-order valence-electron chi connectivity index (χ1n) is 4.81. The molecule has 0 saturated carbocycles. The fourth-order valence-electron chi connectivity index (χ4n) is 1.43. The molecular formula is C10H10BrNO3S. The number of amides is 1. The summed E-state index contributed by atoms with van der Waals surface area (Å²) < 4.78 is 5.92. The van der Waals surface area contributed by atoms with E-state index in [0.29, 0.717) is 18.0 Å². The lowest BCUT2D eigenvalue weighted by atomic mass is 10.3. The van der Waals surface area contributed by atoms with Gasteiger partial charge in [0.15, 0.2) is 5.78 Å². The number of rotatable bonds is 3. The summed E-state index contributed by atoms with van der Waals surface area (Å²) in [5.74, 6) is -0.138. The van der Waals surface area contributed by atoms with Gasteiger partial charge in [0, 0.05) is 6.54 Å². The number of hydrogen-bond donors (Lipinski definition) is 0. The highest BCUT2D eigenvalue weighted by Crippen LogP contribution is 2.22. The zero-order chi connectivity index (χ0) is 11.5. The molecule has 2 heterocycles. The van der Waals surface area contributed by atoms with E-state index < -0.39 is 0 Å². The summed E-state index contributed by atoms with van der Waals surface area (Å²) in [6.07, 6.45) is 0. The Hall–Kier alpha value is -0.720. The number of nitrogens with zero attached hydrogens (tertiary/aromatic N) is 1. The van der Waals surface area contributed by atoms with Crippen LogP contribution in [0.3, 0.4) is 0 Å². The van der Waals surface area contributed by atoms with Crippen LogP contribution in [0.15, 0.2) is 15.9 Å². The maximum atomic E-state index is 11.8. The van der Waals surface area contributed by atoms with E-state index in [-0.39, 0.29) is 24.8 Å². The van der Waals surface area contributed by atoms with Gasteiger partial charge in [0.25, 0.3) is 0 Å². The molecule has 0 unspecified atom stereocenters. The van der Waals surface area contributed by atoms with Crippen molar-refractivity contribution < 1.29 is 14.3 Å². The van der Waals surface area contributed by atoms with Gasteiger partial charge in [-0.1, -0.05) is 0 Å². The SMILES string of the molecule is O=C(CN1CCOCC1=O)c1ccc(Br)s1. The second kappa shape index (κ2) is 5.07. The topological polar surface area (TPSA) is 46.6 Å². The van der Waals surface area contributed by atoms with Gasteiger partial charge in [0.2, 0.25) is 5.91 Å². The highest BCUT2D eigenvalue weighted by atomic mass is 79.9. The van der Waals surface area contributed by atoms with Crippen molar-refractivity contribution in [1.82, 2.24) is 4.90 Å². The number of Topliss-reactive ketones (excluding diaryl/α,β-unsaturated/α-hetero) is 1. The Morgan fingerprint density at radius 2 is 2.38 bits per heavy atom. The molecule has 1 aliphatic rings. The van der Waals surface area contributed by atoms with Crippen molar-refractivity contribution >= 4 is 39.0 Å².